The van der Waals surface area contributed by atoms with Crippen LogP contribution in [0.2, 0.25) is 0 Å². The van der Waals surface area contributed by atoms with Gasteiger partial charge in [0.15, 0.2) is 0 Å². The SMILES string of the molecule is CC(C)C(=S)SSCc1cnccn1. The molecule has 1 aromatic heterocycles. The predicted octanol–water partition coefficient (Wildman–Crippen LogP) is 3.34. The van der Waals surface area contributed by atoms with Crippen LogP contribution in [-0.2, 0) is 5.75 Å². The monoisotopic (exact) mass is 244 g/mol. The Morgan fingerprint density at radius 1 is 1.50 bits per heavy atom. The van der Waals surface area contributed by atoms with E-state index in [9.17, 15) is 0 Å². The molecule has 76 valence electrons. The Morgan fingerprint density at radius 2 is 2.29 bits per heavy atom. The molecule has 1 aromatic rings. The van der Waals surface area contributed by atoms with Gasteiger partial charge in [-0.2, -0.15) is 0 Å². The van der Waals surface area contributed by atoms with E-state index in [2.05, 4.69) is 23.8 Å². The lowest BCUT2D eigenvalue weighted by Crippen LogP contribution is -1.96. The summed E-state index contributed by atoms with van der Waals surface area (Å²) in [5.41, 5.74) is 0.997. The van der Waals surface area contributed by atoms with Crippen molar-refractivity contribution in [1.82, 2.24) is 9.97 Å². The van der Waals surface area contributed by atoms with Gasteiger partial charge in [-0.25, -0.2) is 0 Å². The number of thiocarbonyl (C=S) groups is 1. The minimum absolute atomic E-state index is 0.462. The van der Waals surface area contributed by atoms with Crippen LogP contribution in [0.25, 0.3) is 0 Å². The molecule has 0 spiro atoms. The van der Waals surface area contributed by atoms with Gasteiger partial charge in [0, 0.05) is 24.3 Å². The summed E-state index contributed by atoms with van der Waals surface area (Å²) in [6.45, 7) is 4.22. The first-order valence-corrected chi connectivity index (χ1v) is 7.01. The Balaban J connectivity index is 2.26. The van der Waals surface area contributed by atoms with Gasteiger partial charge in [0.1, 0.15) is 0 Å². The first-order chi connectivity index (χ1) is 6.70. The highest BCUT2D eigenvalue weighted by atomic mass is 33.1. The Kier molecular flexibility index (Phi) is 5.44. The van der Waals surface area contributed by atoms with Crippen molar-refractivity contribution in [3.63, 3.8) is 0 Å². The molecular weight excluding hydrogens is 232 g/mol. The van der Waals surface area contributed by atoms with Gasteiger partial charge in [-0.3, -0.25) is 9.97 Å². The van der Waals surface area contributed by atoms with Crippen LogP contribution < -0.4 is 0 Å². The third-order valence-electron chi connectivity index (χ3n) is 1.44. The first-order valence-electron chi connectivity index (χ1n) is 4.28. The van der Waals surface area contributed by atoms with Gasteiger partial charge < -0.3 is 0 Å². The summed E-state index contributed by atoms with van der Waals surface area (Å²) in [6.07, 6.45) is 5.17. The summed E-state index contributed by atoms with van der Waals surface area (Å²) in [5, 5.41) is 0. The molecule has 0 N–H and O–H groups in total. The van der Waals surface area contributed by atoms with Crippen LogP contribution in [-0.4, -0.2) is 14.2 Å². The third kappa shape index (κ3) is 4.39. The Bertz CT molecular complexity index is 287. The van der Waals surface area contributed by atoms with E-state index in [0.717, 1.165) is 15.6 Å². The highest BCUT2D eigenvalue weighted by molar-refractivity contribution is 8.83. The normalized spacial score (nSPS) is 10.5. The van der Waals surface area contributed by atoms with Gasteiger partial charge in [0.05, 0.1) is 9.89 Å². The summed E-state index contributed by atoms with van der Waals surface area (Å²) in [6, 6.07) is 0. The van der Waals surface area contributed by atoms with Gasteiger partial charge in [-0.1, -0.05) is 36.9 Å². The average molecular weight is 244 g/mol. The molecule has 0 unspecified atom stereocenters. The number of rotatable bonds is 4. The zero-order valence-electron chi connectivity index (χ0n) is 8.14. The number of aromatic nitrogens is 2. The number of nitrogens with zero attached hydrogens (tertiary/aromatic N) is 2. The average Bonchev–Trinajstić information content (AvgIpc) is 2.19. The zero-order chi connectivity index (χ0) is 10.4. The molecule has 0 aliphatic carbocycles. The maximum absolute atomic E-state index is 5.20. The van der Waals surface area contributed by atoms with Gasteiger partial charge >= 0.3 is 0 Å². The van der Waals surface area contributed by atoms with E-state index < -0.39 is 0 Å². The lowest BCUT2D eigenvalue weighted by atomic mass is 10.3. The van der Waals surface area contributed by atoms with E-state index in [-0.39, 0.29) is 0 Å². The number of hydrogen-bond donors (Lipinski definition) is 0. The third-order valence-corrected chi connectivity index (χ3v) is 4.89. The van der Waals surface area contributed by atoms with Crippen molar-refractivity contribution in [2.45, 2.75) is 19.6 Å². The van der Waals surface area contributed by atoms with Crippen molar-refractivity contribution in [2.24, 2.45) is 5.92 Å². The fourth-order valence-corrected chi connectivity index (χ4v) is 3.18. The summed E-state index contributed by atoms with van der Waals surface area (Å²) >= 11 is 5.20. The molecule has 1 rings (SSSR count). The lowest BCUT2D eigenvalue weighted by molar-refractivity contribution is 0.916. The summed E-state index contributed by atoms with van der Waals surface area (Å²) in [4.78, 5) is 8.18. The topological polar surface area (TPSA) is 25.8 Å². The standard InChI is InChI=1S/C9H12N2S3/c1-7(2)9(12)14-13-6-8-5-10-3-4-11-8/h3-5,7H,6H2,1-2H3. The van der Waals surface area contributed by atoms with Crippen molar-refractivity contribution in [3.05, 3.63) is 24.3 Å². The molecule has 2 nitrogen and oxygen atoms in total. The zero-order valence-corrected chi connectivity index (χ0v) is 10.6. The highest BCUT2D eigenvalue weighted by Gasteiger charge is 2.04. The largest absolute Gasteiger partial charge is 0.261 e. The Hall–Kier alpha value is -0.130. The molecule has 1 heterocycles. The number of hydrogen-bond acceptors (Lipinski definition) is 5. The van der Waals surface area contributed by atoms with Crippen LogP contribution in [0.5, 0.6) is 0 Å². The fourth-order valence-electron chi connectivity index (χ4n) is 0.649. The molecule has 0 saturated heterocycles. The Morgan fingerprint density at radius 3 is 2.86 bits per heavy atom. The second kappa shape index (κ2) is 6.37. The highest BCUT2D eigenvalue weighted by Crippen LogP contribution is 2.29. The first kappa shape index (κ1) is 11.9. The van der Waals surface area contributed by atoms with Crippen LogP contribution >= 0.6 is 33.8 Å². The summed E-state index contributed by atoms with van der Waals surface area (Å²) in [7, 11) is 3.38. The summed E-state index contributed by atoms with van der Waals surface area (Å²) < 4.78 is 1.04. The van der Waals surface area contributed by atoms with Crippen LogP contribution in [0.1, 0.15) is 19.5 Å². The van der Waals surface area contributed by atoms with Gasteiger partial charge in [-0.15, -0.1) is 0 Å². The minimum Gasteiger partial charge on any atom is -0.261 e. The van der Waals surface area contributed by atoms with Crippen molar-refractivity contribution in [2.75, 3.05) is 0 Å². The van der Waals surface area contributed by atoms with Crippen LogP contribution in [0, 0.1) is 5.92 Å². The van der Waals surface area contributed by atoms with E-state index in [0.29, 0.717) is 5.92 Å². The van der Waals surface area contributed by atoms with Gasteiger partial charge in [0.2, 0.25) is 0 Å². The quantitative estimate of drug-likeness (QED) is 0.598. The second-order valence-electron chi connectivity index (χ2n) is 3.02. The second-order valence-corrected chi connectivity index (χ2v) is 6.05. The molecular formula is C9H12N2S3. The maximum Gasteiger partial charge on any atom is 0.0694 e. The van der Waals surface area contributed by atoms with Crippen molar-refractivity contribution >= 4 is 38.0 Å². The van der Waals surface area contributed by atoms with E-state index in [4.69, 9.17) is 12.2 Å². The molecule has 0 amide bonds. The molecule has 0 atom stereocenters. The Labute approximate surface area is 97.7 Å². The molecule has 0 fully saturated rings. The van der Waals surface area contributed by atoms with Crippen molar-refractivity contribution in [1.29, 1.82) is 0 Å². The van der Waals surface area contributed by atoms with Crippen LogP contribution in [0.15, 0.2) is 18.6 Å². The maximum atomic E-state index is 5.20. The van der Waals surface area contributed by atoms with Gasteiger partial charge in [-0.05, 0) is 16.7 Å². The van der Waals surface area contributed by atoms with Crippen molar-refractivity contribution in [3.8, 4) is 0 Å². The van der Waals surface area contributed by atoms with Crippen molar-refractivity contribution < 1.29 is 0 Å². The smallest absolute Gasteiger partial charge is 0.0694 e. The molecule has 0 radical (unpaired) electrons. The van der Waals surface area contributed by atoms with E-state index in [1.54, 1.807) is 40.2 Å². The van der Waals surface area contributed by atoms with E-state index in [1.807, 2.05) is 0 Å². The molecule has 0 aliphatic rings. The van der Waals surface area contributed by atoms with Crippen LogP contribution in [0.3, 0.4) is 0 Å². The predicted molar refractivity (Wildman–Crippen MR) is 68.4 cm³/mol. The molecule has 0 aromatic carbocycles. The molecule has 0 aliphatic heterocycles. The minimum atomic E-state index is 0.462. The van der Waals surface area contributed by atoms with Gasteiger partial charge in [0.25, 0.3) is 0 Å². The van der Waals surface area contributed by atoms with E-state index in [1.165, 1.54) is 0 Å². The molecule has 0 saturated carbocycles. The summed E-state index contributed by atoms with van der Waals surface area (Å²) in [5.74, 6) is 1.31. The molecule has 14 heavy (non-hydrogen) atoms. The molecule has 5 heteroatoms. The fraction of sp³-hybridized carbons (Fsp3) is 0.444. The van der Waals surface area contributed by atoms with E-state index >= 15 is 0 Å². The van der Waals surface area contributed by atoms with Crippen LogP contribution in [0.4, 0.5) is 0 Å². The molecule has 0 bridgehead atoms. The lowest BCUT2D eigenvalue weighted by Gasteiger charge is -2.04.